The smallest absolute Gasteiger partial charge is 0.481 e. The van der Waals surface area contributed by atoms with Crippen molar-refractivity contribution in [2.45, 2.75) is 43.6 Å². The van der Waals surface area contributed by atoms with Crippen LogP contribution in [0.15, 0.2) is 0 Å². The van der Waals surface area contributed by atoms with Crippen LogP contribution in [0.3, 0.4) is 0 Å². The average Bonchev–Trinajstić information content (AvgIpc) is 2.72. The maximum Gasteiger partial charge on any atom is 0.692 e. The van der Waals surface area contributed by atoms with Gasteiger partial charge in [-0.1, -0.05) is 0 Å². The van der Waals surface area contributed by atoms with Crippen LogP contribution in [0.4, 0.5) is 0 Å². The number of hydrogen-bond acceptors (Lipinski definition) is 11. The summed E-state index contributed by atoms with van der Waals surface area (Å²) in [4.78, 5) is 99.6. The highest BCUT2D eigenvalue weighted by Gasteiger charge is 2.58. The third-order valence-electron chi connectivity index (χ3n) is 3.16. The molecule has 0 aromatic carbocycles. The molecule has 0 aromatic rings. The molecule has 0 saturated heterocycles. The van der Waals surface area contributed by atoms with Crippen LogP contribution in [-0.4, -0.2) is 95.4 Å². The number of aliphatic hydroxyl groups is 1. The maximum absolute atomic E-state index is 10.7. The van der Waals surface area contributed by atoms with Gasteiger partial charge in [-0.15, -0.1) is 19.6 Å². The zero-order valence-corrected chi connectivity index (χ0v) is 24.5. The molecular formula is C12H36N3O19P5+2. The molecule has 0 fully saturated rings. The third kappa shape index (κ3) is 35.4. The number of nitrogens with two attached hydrogens (primary N) is 3. The van der Waals surface area contributed by atoms with Crippen LogP contribution in [0.1, 0.15) is 38.5 Å². The lowest BCUT2D eigenvalue weighted by molar-refractivity contribution is -0.137. The van der Waals surface area contributed by atoms with Crippen molar-refractivity contribution < 1.29 is 91.6 Å². The minimum absolute atomic E-state index is 0.0394. The minimum atomic E-state index is -5.30. The number of carboxylic acids is 1. The van der Waals surface area contributed by atoms with E-state index in [1.807, 2.05) is 0 Å². The number of carboxylic acid groups (broad SMARTS) is 1. The molecular weight excluding hydrogens is 645 g/mol. The van der Waals surface area contributed by atoms with Crippen molar-refractivity contribution in [1.29, 1.82) is 0 Å². The van der Waals surface area contributed by atoms with Crippen molar-refractivity contribution in [3.63, 3.8) is 0 Å². The molecule has 0 aliphatic rings. The van der Waals surface area contributed by atoms with E-state index >= 15 is 0 Å². The van der Waals surface area contributed by atoms with Gasteiger partial charge in [0.1, 0.15) is 0 Å². The Morgan fingerprint density at radius 3 is 1.13 bits per heavy atom. The second-order valence-corrected chi connectivity index (χ2v) is 13.0. The van der Waals surface area contributed by atoms with Crippen LogP contribution >= 0.6 is 39.3 Å². The molecule has 0 aliphatic carbocycles. The van der Waals surface area contributed by atoms with Crippen LogP contribution in [0.5, 0.6) is 0 Å². The summed E-state index contributed by atoms with van der Waals surface area (Å²) in [5, 5.41) is 13.9. The molecule has 39 heavy (non-hydrogen) atoms. The summed E-state index contributed by atoms with van der Waals surface area (Å²) in [6.07, 6.45) is 0.0985. The van der Waals surface area contributed by atoms with Gasteiger partial charge in [-0.3, -0.25) is 23.3 Å². The lowest BCUT2D eigenvalue weighted by atomic mass is 10.3. The number of hydrogen-bond donors (Lipinski definition) is 15. The molecule has 0 radical (unpaired) electrons. The van der Waals surface area contributed by atoms with Crippen molar-refractivity contribution in [2.75, 3.05) is 19.6 Å². The van der Waals surface area contributed by atoms with Gasteiger partial charge in [0.25, 0.3) is 5.08 Å². The van der Waals surface area contributed by atoms with E-state index in [1.165, 1.54) is 0 Å². The molecule has 0 spiro atoms. The Balaban J connectivity index is -0.000000135. The van der Waals surface area contributed by atoms with Gasteiger partial charge in [-0.25, -0.2) is 0 Å². The van der Waals surface area contributed by atoms with E-state index in [9.17, 15) is 28.4 Å². The maximum atomic E-state index is 10.7. The molecule has 0 saturated carbocycles. The zero-order chi connectivity index (χ0) is 32.7. The number of carbonyl (C=O) groups excluding carboxylic acids is 1. The van der Waals surface area contributed by atoms with Crippen LogP contribution in [0, 0.1) is 0 Å². The summed E-state index contributed by atoms with van der Waals surface area (Å²) in [5.41, 5.74) is 14.0. The van der Waals surface area contributed by atoms with E-state index in [1.54, 1.807) is 0 Å². The van der Waals surface area contributed by atoms with Gasteiger partial charge in [-0.05, 0) is 38.9 Å². The van der Waals surface area contributed by atoms with E-state index in [-0.39, 0.29) is 32.4 Å². The summed E-state index contributed by atoms with van der Waals surface area (Å²) in [5.74, 6) is -0.773. The molecule has 0 aliphatic heterocycles. The molecule has 27 heteroatoms. The van der Waals surface area contributed by atoms with Crippen LogP contribution in [0.2, 0.25) is 0 Å². The van der Waals surface area contributed by atoms with Crippen molar-refractivity contribution in [2.24, 2.45) is 17.2 Å². The zero-order valence-electron chi connectivity index (χ0n) is 20.1. The predicted molar refractivity (Wildman–Crippen MR) is 133 cm³/mol. The van der Waals surface area contributed by atoms with Crippen molar-refractivity contribution in [3.05, 3.63) is 0 Å². The molecule has 0 aromatic heterocycles. The summed E-state index contributed by atoms with van der Waals surface area (Å²) in [6.45, 7) is 0.695. The van der Waals surface area contributed by atoms with Crippen molar-refractivity contribution >= 4 is 50.8 Å². The first-order chi connectivity index (χ1) is 17.3. The highest BCUT2D eigenvalue weighted by atomic mass is 31.2. The monoisotopic (exact) mass is 681 g/mol. The summed E-state index contributed by atoms with van der Waals surface area (Å²) >= 11 is 0. The number of aliphatic carboxylic acids is 1. The van der Waals surface area contributed by atoms with Gasteiger partial charge in [0.2, 0.25) is 5.52 Å². The second kappa shape index (κ2) is 25.2. The lowest BCUT2D eigenvalue weighted by Crippen LogP contribution is -2.29. The Morgan fingerprint density at radius 2 is 0.949 bits per heavy atom. The van der Waals surface area contributed by atoms with Crippen LogP contribution in [0.25, 0.3) is 0 Å². The largest absolute Gasteiger partial charge is 0.692 e. The average molecular weight is 681 g/mol. The molecule has 0 amide bonds. The van der Waals surface area contributed by atoms with E-state index in [0.717, 1.165) is 0 Å². The molecule has 0 rings (SSSR count). The highest BCUT2D eigenvalue weighted by molar-refractivity contribution is 7.72. The van der Waals surface area contributed by atoms with Gasteiger partial charge in [0.05, 0.1) is 0 Å². The van der Waals surface area contributed by atoms with E-state index < -0.39 is 62.3 Å². The summed E-state index contributed by atoms with van der Waals surface area (Å²) < 4.78 is 49.0. The molecule has 0 heterocycles. The van der Waals surface area contributed by atoms with Crippen molar-refractivity contribution in [3.8, 4) is 0 Å². The minimum Gasteiger partial charge on any atom is -0.481 e. The molecule has 18 N–H and O–H groups in total. The normalized spacial score (nSPS) is 11.0. The fourth-order valence-corrected chi connectivity index (χ4v) is 4.16. The first kappa shape index (κ1) is 48.2. The number of carbonyl (C=O) groups is 2. The first-order valence-electron chi connectivity index (χ1n) is 9.72. The molecule has 236 valence electrons. The van der Waals surface area contributed by atoms with Gasteiger partial charge in [-0.2, -0.15) is 0 Å². The van der Waals surface area contributed by atoms with Gasteiger partial charge < -0.3 is 56.8 Å². The molecule has 0 bridgehead atoms. The molecule has 0 unspecified atom stereocenters. The van der Waals surface area contributed by atoms with E-state index in [0.29, 0.717) is 19.4 Å². The Kier molecular flexibility index (Phi) is 31.2. The predicted octanol–water partition coefficient (Wildman–Crippen LogP) is -2.78. The van der Waals surface area contributed by atoms with Crippen molar-refractivity contribution in [1.82, 2.24) is 0 Å². The fourth-order valence-electron chi connectivity index (χ4n) is 1.45. The first-order valence-corrected chi connectivity index (χ1v) is 16.9. The van der Waals surface area contributed by atoms with Gasteiger partial charge in [0.15, 0.2) is 0 Å². The Hall–Kier alpha value is -0.530. The standard InChI is InChI=1S/C4H13NO7P2.C4H10NO4P.C4H9NO2.2HO3P/c5-3-1-2-4(6,13(7,8)9)14(10,11)12;5-3-1-2-4(6)10(7,8)9;5-3-1-2-4(6)7;2*1-4(2)3/h6H,1-3,5H2,(H2,7,8,9)(H2,10,11,12);1-3,5H2,(H2,7,8,9);1-3,5H2,(H,6,7);2*(H-,1,2,3)/p+2. The Labute approximate surface area is 223 Å². The van der Waals surface area contributed by atoms with Gasteiger partial charge in [0, 0.05) is 28.4 Å². The SMILES string of the molecule is NCCCC(=O)O.NCCCC(=O)P(=O)(O)O.NCCCC(O)(P(=O)(O)O)P(=O)(O)O.O=[P+](O)O.O=[P+](O)O. The topological polar surface area (TPSA) is 440 Å². The number of rotatable bonds is 12. The second-order valence-electron chi connectivity index (χ2n) is 6.38. The molecule has 22 nitrogen and oxygen atoms in total. The Bertz CT molecular complexity index is 813. The van der Waals surface area contributed by atoms with Gasteiger partial charge >= 0.3 is 45.3 Å². The summed E-state index contributed by atoms with van der Waals surface area (Å²) in [6, 6.07) is 0. The van der Waals surface area contributed by atoms with Crippen LogP contribution in [-0.2, 0) is 32.4 Å². The summed E-state index contributed by atoms with van der Waals surface area (Å²) in [7, 11) is -20.8. The Morgan fingerprint density at radius 1 is 0.667 bits per heavy atom. The van der Waals surface area contributed by atoms with E-state index in [2.05, 4.69) is 0 Å². The molecule has 0 atom stereocenters. The fraction of sp³-hybridized carbons (Fsp3) is 0.833. The lowest BCUT2D eigenvalue weighted by Gasteiger charge is -2.28. The quantitative estimate of drug-likeness (QED) is 0.0926. The third-order valence-corrected chi connectivity index (χ3v) is 7.91. The highest BCUT2D eigenvalue weighted by Crippen LogP contribution is 2.69. The van der Waals surface area contributed by atoms with E-state index in [4.69, 9.17) is 80.4 Å². The van der Waals surface area contributed by atoms with Crippen LogP contribution < -0.4 is 17.2 Å².